The van der Waals surface area contributed by atoms with Gasteiger partial charge in [-0.2, -0.15) is 5.10 Å². The average molecular weight is 593 g/mol. The Bertz CT molecular complexity index is 1540. The number of nitrogens with zero attached hydrogens (tertiary/aromatic N) is 4. The lowest BCUT2D eigenvalue weighted by molar-refractivity contribution is 0.0372. The number of urea groups is 1. The second-order valence-corrected chi connectivity index (χ2v) is 10.9. The van der Waals surface area contributed by atoms with E-state index >= 15 is 0 Å². The third kappa shape index (κ3) is 6.21. The Morgan fingerprint density at radius 1 is 1.16 bits per heavy atom. The summed E-state index contributed by atoms with van der Waals surface area (Å²) in [5.41, 5.74) is 2.11. The van der Waals surface area contributed by atoms with Crippen molar-refractivity contribution in [1.29, 1.82) is 0 Å². The predicted molar refractivity (Wildman–Crippen MR) is 158 cm³/mol. The molecule has 0 spiro atoms. The summed E-state index contributed by atoms with van der Waals surface area (Å²) >= 11 is 0. The molecule has 0 saturated carbocycles. The molecule has 13 nitrogen and oxygen atoms in total. The number of benzene rings is 2. The van der Waals surface area contributed by atoms with E-state index in [1.54, 1.807) is 75.3 Å². The molecule has 0 unspecified atom stereocenters. The van der Waals surface area contributed by atoms with Crippen molar-refractivity contribution in [3.8, 4) is 17.2 Å². The molecule has 3 heterocycles. The maximum Gasteiger partial charge on any atom is 0.321 e. The number of rotatable bonds is 7. The van der Waals surface area contributed by atoms with E-state index in [1.807, 2.05) is 6.92 Å². The zero-order valence-corrected chi connectivity index (χ0v) is 24.8. The molecule has 3 atom stereocenters. The molecule has 0 aliphatic carbocycles. The first-order chi connectivity index (χ1) is 20.5. The number of carbonyl (C=O) groups excluding carboxylic acids is 3. The highest BCUT2D eigenvalue weighted by Crippen LogP contribution is 2.36. The van der Waals surface area contributed by atoms with Crippen LogP contribution in [0.1, 0.15) is 40.4 Å². The summed E-state index contributed by atoms with van der Waals surface area (Å²) in [6, 6.07) is 10.9. The highest BCUT2D eigenvalue weighted by atomic mass is 16.7. The van der Waals surface area contributed by atoms with Gasteiger partial charge in [0.1, 0.15) is 11.8 Å². The quantitative estimate of drug-likeness (QED) is 0.379. The summed E-state index contributed by atoms with van der Waals surface area (Å²) in [6.45, 7) is 5.82. The van der Waals surface area contributed by atoms with Crippen molar-refractivity contribution >= 4 is 29.2 Å². The van der Waals surface area contributed by atoms with Gasteiger partial charge in [-0.15, -0.1) is 0 Å². The Kier molecular flexibility index (Phi) is 8.44. The number of amides is 4. The van der Waals surface area contributed by atoms with Gasteiger partial charge in [0.05, 0.1) is 36.1 Å². The lowest BCUT2D eigenvalue weighted by Gasteiger charge is -2.38. The largest absolute Gasteiger partial charge is 0.485 e. The third-order valence-corrected chi connectivity index (χ3v) is 7.60. The highest BCUT2D eigenvalue weighted by Gasteiger charge is 2.35. The molecule has 2 aromatic carbocycles. The number of anilines is 2. The molecule has 1 aromatic heterocycles. The van der Waals surface area contributed by atoms with E-state index in [1.165, 1.54) is 9.58 Å². The fourth-order valence-electron chi connectivity index (χ4n) is 5.12. The van der Waals surface area contributed by atoms with E-state index in [-0.39, 0.29) is 55.7 Å². The van der Waals surface area contributed by atoms with Gasteiger partial charge in [0.25, 0.3) is 11.8 Å². The first kappa shape index (κ1) is 29.7. The predicted octanol–water partition coefficient (Wildman–Crippen LogP) is 3.09. The Labute approximate surface area is 249 Å². The minimum Gasteiger partial charge on any atom is -0.485 e. The number of aryl methyl sites for hydroxylation is 2. The minimum absolute atomic E-state index is 0.129. The van der Waals surface area contributed by atoms with Crippen LogP contribution in [0.3, 0.4) is 0 Å². The monoisotopic (exact) mass is 592 g/mol. The molecule has 3 aromatic rings. The first-order valence-electron chi connectivity index (χ1n) is 14.0. The number of carbonyl (C=O) groups is 3. The van der Waals surface area contributed by atoms with Crippen molar-refractivity contribution in [2.24, 2.45) is 13.0 Å². The van der Waals surface area contributed by atoms with E-state index in [0.717, 1.165) is 0 Å². The number of fused-ring (bicyclic) bond motifs is 2. The van der Waals surface area contributed by atoms with Crippen LogP contribution in [0, 0.1) is 12.8 Å². The van der Waals surface area contributed by atoms with Crippen molar-refractivity contribution in [3.63, 3.8) is 0 Å². The molecule has 0 radical (unpaired) electrons. The molecular weight excluding hydrogens is 556 g/mol. The number of aliphatic hydroxyl groups is 1. The number of aromatic nitrogens is 2. The summed E-state index contributed by atoms with van der Waals surface area (Å²) in [5.74, 6) is 0.349. The Morgan fingerprint density at radius 2 is 1.93 bits per heavy atom. The lowest BCUT2D eigenvalue weighted by Crippen LogP contribution is -2.50. The van der Waals surface area contributed by atoms with Crippen molar-refractivity contribution in [2.45, 2.75) is 32.9 Å². The van der Waals surface area contributed by atoms with Crippen LogP contribution in [0.15, 0.2) is 42.5 Å². The van der Waals surface area contributed by atoms with E-state index in [0.29, 0.717) is 34.3 Å². The number of hydrogen-bond acceptors (Lipinski definition) is 8. The van der Waals surface area contributed by atoms with Gasteiger partial charge in [0, 0.05) is 38.3 Å². The van der Waals surface area contributed by atoms with Gasteiger partial charge >= 0.3 is 6.03 Å². The van der Waals surface area contributed by atoms with Crippen molar-refractivity contribution in [1.82, 2.24) is 19.6 Å². The normalized spacial score (nSPS) is 18.2. The number of nitrogens with one attached hydrogen (secondary N) is 2. The van der Waals surface area contributed by atoms with E-state index in [9.17, 15) is 19.5 Å². The minimum atomic E-state index is -0.579. The average Bonchev–Trinajstić information content (AvgIpc) is 3.59. The standard InChI is InChI=1S/C30H36N6O7/c1-17-13-36(19(3)15-37)29(39)21-7-6-8-22(32-28(38)23-11-18(2)33-35(23)5)27(21)43-26(17)14-34(4)30(40)31-20-9-10-24-25(12-20)42-16-41-24/h6-12,17,19,26,37H,13-16H2,1-5H3,(H,31,40)(H,32,38)/t17-,19-,26+/m1/s1. The van der Waals surface area contributed by atoms with Gasteiger partial charge in [-0.1, -0.05) is 13.0 Å². The van der Waals surface area contributed by atoms with Crippen LogP contribution in [0.25, 0.3) is 0 Å². The van der Waals surface area contributed by atoms with Crippen LogP contribution in [0.5, 0.6) is 17.2 Å². The third-order valence-electron chi connectivity index (χ3n) is 7.60. The van der Waals surface area contributed by atoms with Crippen LogP contribution in [-0.4, -0.2) is 88.2 Å². The molecule has 0 saturated heterocycles. The summed E-state index contributed by atoms with van der Waals surface area (Å²) < 4.78 is 18.7. The van der Waals surface area contributed by atoms with Gasteiger partial charge < -0.3 is 39.8 Å². The smallest absolute Gasteiger partial charge is 0.321 e. The first-order valence-corrected chi connectivity index (χ1v) is 14.0. The topological polar surface area (TPSA) is 147 Å². The molecule has 3 N–H and O–H groups in total. The summed E-state index contributed by atoms with van der Waals surface area (Å²) in [4.78, 5) is 43.2. The Hall–Kier alpha value is -4.78. The molecule has 43 heavy (non-hydrogen) atoms. The van der Waals surface area contributed by atoms with Crippen molar-refractivity contribution < 1.29 is 33.7 Å². The second-order valence-electron chi connectivity index (χ2n) is 10.9. The van der Waals surface area contributed by atoms with Gasteiger partial charge in [0.2, 0.25) is 6.79 Å². The van der Waals surface area contributed by atoms with Crippen LogP contribution >= 0.6 is 0 Å². The Balaban J connectivity index is 1.42. The van der Waals surface area contributed by atoms with Gasteiger partial charge in [-0.3, -0.25) is 14.3 Å². The van der Waals surface area contributed by atoms with Crippen LogP contribution in [0.2, 0.25) is 0 Å². The number of hydrogen-bond donors (Lipinski definition) is 3. The molecule has 2 aliphatic rings. The van der Waals surface area contributed by atoms with Crippen LogP contribution < -0.4 is 24.8 Å². The zero-order chi connectivity index (χ0) is 30.8. The molecule has 2 aliphatic heterocycles. The molecule has 0 bridgehead atoms. The van der Waals surface area contributed by atoms with E-state index in [4.69, 9.17) is 14.2 Å². The molecule has 0 fully saturated rings. The lowest BCUT2D eigenvalue weighted by atomic mass is 9.99. The summed E-state index contributed by atoms with van der Waals surface area (Å²) in [6.07, 6.45) is -0.579. The Morgan fingerprint density at radius 3 is 2.65 bits per heavy atom. The zero-order valence-electron chi connectivity index (χ0n) is 24.8. The fraction of sp³-hybridized carbons (Fsp3) is 0.400. The summed E-state index contributed by atoms with van der Waals surface area (Å²) in [7, 11) is 3.32. The molecule has 5 rings (SSSR count). The van der Waals surface area contributed by atoms with E-state index < -0.39 is 18.1 Å². The van der Waals surface area contributed by atoms with Crippen molar-refractivity contribution in [2.75, 3.05) is 44.2 Å². The number of ether oxygens (including phenoxy) is 3. The van der Waals surface area contributed by atoms with Crippen LogP contribution in [0.4, 0.5) is 16.2 Å². The second kappa shape index (κ2) is 12.2. The highest BCUT2D eigenvalue weighted by molar-refractivity contribution is 6.06. The SMILES string of the molecule is Cc1cc(C(=O)Nc2cccc3c2O[C@@H](CN(C)C(=O)Nc2ccc4c(c2)OCO4)[C@H](C)CN([C@H](C)CO)C3=O)n(C)n1. The number of para-hydroxylation sites is 1. The maximum absolute atomic E-state index is 13.7. The molecular formula is C30H36N6O7. The molecule has 4 amide bonds. The van der Waals surface area contributed by atoms with Crippen molar-refractivity contribution in [3.05, 3.63) is 59.4 Å². The number of aliphatic hydroxyl groups excluding tert-OH is 1. The van der Waals surface area contributed by atoms with Gasteiger partial charge in [-0.25, -0.2) is 4.79 Å². The van der Waals surface area contributed by atoms with E-state index in [2.05, 4.69) is 15.7 Å². The van der Waals surface area contributed by atoms with Gasteiger partial charge in [0.15, 0.2) is 17.2 Å². The molecule has 13 heteroatoms. The maximum atomic E-state index is 13.7. The number of likely N-dealkylation sites (N-methyl/N-ethyl adjacent to an activating group) is 1. The van der Waals surface area contributed by atoms with Crippen LogP contribution in [-0.2, 0) is 7.05 Å². The summed E-state index contributed by atoms with van der Waals surface area (Å²) in [5, 5.41) is 19.9. The fourth-order valence-corrected chi connectivity index (χ4v) is 5.12. The van der Waals surface area contributed by atoms with Gasteiger partial charge in [-0.05, 0) is 44.2 Å². The molecule has 228 valence electrons.